The standard InChI is InChI=1S/C20H24N4O8/c1-9(25)10-2-4-12(5-3-10)22-20(32)24-13-6-11(7-15(26)17(13)29)19(31)23-14(18(21)30)8-16(27)28/h2-6,13-15,17,26,29H,7-8H2,1H3,(H2,21,30)(H,23,31)(H,27,28)(H2,22,24,32)/t13-,14+,15+,17+/m0/s1. The minimum atomic E-state index is -1.47. The Morgan fingerprint density at radius 3 is 2.28 bits per heavy atom. The Balaban J connectivity index is 2.09. The van der Waals surface area contributed by atoms with Crippen LogP contribution in [0, 0.1) is 0 Å². The van der Waals surface area contributed by atoms with E-state index < -0.39 is 54.5 Å². The van der Waals surface area contributed by atoms with Gasteiger partial charge in [0.25, 0.3) is 0 Å². The second-order valence-electron chi connectivity index (χ2n) is 7.24. The highest BCUT2D eigenvalue weighted by atomic mass is 16.4. The fourth-order valence-electron chi connectivity index (χ4n) is 3.02. The van der Waals surface area contributed by atoms with Crippen LogP contribution in [-0.2, 0) is 14.4 Å². The molecule has 0 aromatic heterocycles. The first-order valence-electron chi connectivity index (χ1n) is 9.55. The van der Waals surface area contributed by atoms with E-state index in [2.05, 4.69) is 16.0 Å². The maximum Gasteiger partial charge on any atom is 0.319 e. The van der Waals surface area contributed by atoms with Crippen molar-refractivity contribution in [1.82, 2.24) is 10.6 Å². The normalized spacial score (nSPS) is 21.0. The molecule has 0 heterocycles. The number of primary amides is 1. The molecule has 1 aromatic carbocycles. The summed E-state index contributed by atoms with van der Waals surface area (Å²) < 4.78 is 0. The number of carbonyl (C=O) groups excluding carboxylic acids is 4. The topological polar surface area (TPSA) is 208 Å². The average molecular weight is 448 g/mol. The van der Waals surface area contributed by atoms with Crippen LogP contribution in [0.2, 0.25) is 0 Å². The summed E-state index contributed by atoms with van der Waals surface area (Å²) >= 11 is 0. The molecule has 172 valence electrons. The zero-order valence-corrected chi connectivity index (χ0v) is 17.1. The Morgan fingerprint density at radius 2 is 1.75 bits per heavy atom. The lowest BCUT2D eigenvalue weighted by Crippen LogP contribution is -2.53. The van der Waals surface area contributed by atoms with E-state index >= 15 is 0 Å². The molecule has 32 heavy (non-hydrogen) atoms. The number of benzene rings is 1. The third-order valence-corrected chi connectivity index (χ3v) is 4.74. The molecule has 1 aliphatic carbocycles. The Morgan fingerprint density at radius 1 is 1.12 bits per heavy atom. The van der Waals surface area contributed by atoms with Gasteiger partial charge < -0.3 is 37.0 Å². The number of hydrogen-bond donors (Lipinski definition) is 7. The zero-order chi connectivity index (χ0) is 24.0. The summed E-state index contributed by atoms with van der Waals surface area (Å²) in [4.78, 5) is 58.2. The first-order chi connectivity index (χ1) is 15.0. The van der Waals surface area contributed by atoms with Crippen molar-refractivity contribution in [2.24, 2.45) is 5.73 Å². The summed E-state index contributed by atoms with van der Waals surface area (Å²) in [6.45, 7) is 1.40. The molecule has 0 unspecified atom stereocenters. The number of rotatable bonds is 8. The number of aliphatic hydroxyl groups excluding tert-OH is 2. The number of ketones is 1. The first kappa shape index (κ1) is 24.5. The number of aliphatic hydroxyl groups is 2. The van der Waals surface area contributed by atoms with Gasteiger partial charge in [-0.15, -0.1) is 0 Å². The van der Waals surface area contributed by atoms with E-state index in [9.17, 15) is 34.2 Å². The van der Waals surface area contributed by atoms with Crippen molar-refractivity contribution in [3.63, 3.8) is 0 Å². The van der Waals surface area contributed by atoms with E-state index in [0.717, 1.165) is 0 Å². The van der Waals surface area contributed by atoms with Crippen LogP contribution in [0.5, 0.6) is 0 Å². The van der Waals surface area contributed by atoms with E-state index in [1.165, 1.54) is 37.3 Å². The molecule has 4 atom stereocenters. The highest BCUT2D eigenvalue weighted by Crippen LogP contribution is 2.20. The summed E-state index contributed by atoms with van der Waals surface area (Å²) in [6, 6.07) is 2.65. The van der Waals surface area contributed by atoms with Gasteiger partial charge in [0.05, 0.1) is 18.6 Å². The fraction of sp³-hybridized carbons (Fsp3) is 0.350. The van der Waals surface area contributed by atoms with Crippen LogP contribution in [0.1, 0.15) is 30.1 Å². The number of amides is 4. The molecule has 4 amide bonds. The Kier molecular flexibility index (Phi) is 8.04. The van der Waals surface area contributed by atoms with Gasteiger partial charge in [-0.1, -0.05) is 6.08 Å². The first-order valence-corrected chi connectivity index (χ1v) is 9.55. The van der Waals surface area contributed by atoms with Crippen molar-refractivity contribution in [1.29, 1.82) is 0 Å². The van der Waals surface area contributed by atoms with Gasteiger partial charge in [0.2, 0.25) is 11.8 Å². The second kappa shape index (κ2) is 10.5. The van der Waals surface area contributed by atoms with Crippen molar-refractivity contribution >= 4 is 35.3 Å². The van der Waals surface area contributed by atoms with E-state index in [1.54, 1.807) is 0 Å². The third kappa shape index (κ3) is 6.62. The quantitative estimate of drug-likeness (QED) is 0.242. The summed E-state index contributed by atoms with van der Waals surface area (Å²) in [6.07, 6.45) is -2.66. The summed E-state index contributed by atoms with van der Waals surface area (Å²) in [5.74, 6) is -3.41. The summed E-state index contributed by atoms with van der Waals surface area (Å²) in [7, 11) is 0. The summed E-state index contributed by atoms with van der Waals surface area (Å²) in [5.41, 5.74) is 5.84. The number of carbonyl (C=O) groups is 5. The third-order valence-electron chi connectivity index (χ3n) is 4.74. The van der Waals surface area contributed by atoms with Gasteiger partial charge in [-0.2, -0.15) is 0 Å². The molecule has 8 N–H and O–H groups in total. The van der Waals surface area contributed by atoms with Crippen LogP contribution in [0.4, 0.5) is 10.5 Å². The maximum atomic E-state index is 12.4. The van der Waals surface area contributed by atoms with Gasteiger partial charge in [-0.25, -0.2) is 4.79 Å². The zero-order valence-electron chi connectivity index (χ0n) is 17.1. The number of anilines is 1. The number of carboxylic acids is 1. The Labute approximate surface area is 182 Å². The lowest BCUT2D eigenvalue weighted by Gasteiger charge is -2.31. The predicted molar refractivity (Wildman–Crippen MR) is 110 cm³/mol. The molecule has 0 bridgehead atoms. The van der Waals surface area contributed by atoms with Crippen LogP contribution >= 0.6 is 0 Å². The van der Waals surface area contributed by atoms with Crippen LogP contribution in [-0.4, -0.2) is 69.2 Å². The van der Waals surface area contributed by atoms with Gasteiger partial charge in [0.15, 0.2) is 5.78 Å². The van der Waals surface area contributed by atoms with Crippen LogP contribution in [0.3, 0.4) is 0 Å². The molecule has 0 spiro atoms. The van der Waals surface area contributed by atoms with Gasteiger partial charge in [-0.3, -0.25) is 19.2 Å². The van der Waals surface area contributed by atoms with E-state index in [-0.39, 0.29) is 17.8 Å². The molecule has 0 aliphatic heterocycles. The summed E-state index contributed by atoms with van der Waals surface area (Å²) in [5, 5.41) is 36.2. The number of carboxylic acid groups (broad SMARTS) is 1. The molecular weight excluding hydrogens is 424 g/mol. The van der Waals surface area contributed by atoms with E-state index in [1.807, 2.05) is 0 Å². The maximum absolute atomic E-state index is 12.4. The molecule has 1 aliphatic rings. The van der Waals surface area contributed by atoms with Crippen molar-refractivity contribution in [3.8, 4) is 0 Å². The molecule has 1 aromatic rings. The largest absolute Gasteiger partial charge is 0.481 e. The SMILES string of the molecule is CC(=O)c1ccc(NC(=O)N[C@H]2C=C(C(=O)N[C@H](CC(=O)O)C(N)=O)C[C@@H](O)[C@@H]2O)cc1. The molecule has 0 fully saturated rings. The highest BCUT2D eigenvalue weighted by Gasteiger charge is 2.34. The minimum Gasteiger partial charge on any atom is -0.481 e. The second-order valence-corrected chi connectivity index (χ2v) is 7.24. The number of hydrogen-bond acceptors (Lipinski definition) is 7. The Hall–Kier alpha value is -3.77. The van der Waals surface area contributed by atoms with E-state index in [4.69, 9.17) is 10.8 Å². The minimum absolute atomic E-state index is 0.0736. The molecular formula is C20H24N4O8. The lowest BCUT2D eigenvalue weighted by atomic mass is 9.90. The molecule has 12 heteroatoms. The molecule has 0 saturated carbocycles. The Bertz CT molecular complexity index is 943. The smallest absolute Gasteiger partial charge is 0.319 e. The fourth-order valence-corrected chi connectivity index (χ4v) is 3.02. The predicted octanol–water partition coefficient (Wildman–Crippen LogP) is -1.12. The number of aliphatic carboxylic acids is 1. The number of urea groups is 1. The number of nitrogens with two attached hydrogens (primary N) is 1. The van der Waals surface area contributed by atoms with Crippen molar-refractivity contribution in [3.05, 3.63) is 41.5 Å². The van der Waals surface area contributed by atoms with Gasteiger partial charge >= 0.3 is 12.0 Å². The number of nitrogens with one attached hydrogen (secondary N) is 3. The van der Waals surface area contributed by atoms with Crippen LogP contribution < -0.4 is 21.7 Å². The molecule has 2 rings (SSSR count). The average Bonchev–Trinajstić information content (AvgIpc) is 2.70. The van der Waals surface area contributed by atoms with Crippen molar-refractivity contribution in [2.45, 2.75) is 44.1 Å². The molecule has 0 radical (unpaired) electrons. The number of Topliss-reactive ketones (excluding diaryl/α,β-unsaturated/α-hetero) is 1. The molecule has 0 saturated heterocycles. The van der Waals surface area contributed by atoms with Crippen molar-refractivity contribution < 1.29 is 39.3 Å². The van der Waals surface area contributed by atoms with Crippen LogP contribution in [0.25, 0.3) is 0 Å². The van der Waals surface area contributed by atoms with Gasteiger partial charge in [0.1, 0.15) is 12.1 Å². The lowest BCUT2D eigenvalue weighted by molar-refractivity contribution is -0.140. The molecule has 12 nitrogen and oxygen atoms in total. The van der Waals surface area contributed by atoms with Gasteiger partial charge in [0, 0.05) is 23.2 Å². The monoisotopic (exact) mass is 448 g/mol. The van der Waals surface area contributed by atoms with Gasteiger partial charge in [-0.05, 0) is 31.2 Å². The van der Waals surface area contributed by atoms with Crippen LogP contribution in [0.15, 0.2) is 35.9 Å². The van der Waals surface area contributed by atoms with E-state index in [0.29, 0.717) is 11.3 Å². The highest BCUT2D eigenvalue weighted by molar-refractivity contribution is 5.98. The van der Waals surface area contributed by atoms with Crippen molar-refractivity contribution in [2.75, 3.05) is 5.32 Å².